The van der Waals surface area contributed by atoms with Gasteiger partial charge in [-0.2, -0.15) is 0 Å². The molecule has 0 unspecified atom stereocenters. The molecule has 0 atom stereocenters. The Morgan fingerprint density at radius 1 is 1.53 bits per heavy atom. The summed E-state index contributed by atoms with van der Waals surface area (Å²) in [7, 11) is 0. The molecular weight excluding hydrogens is 282 g/mol. The van der Waals surface area contributed by atoms with Gasteiger partial charge in [-0.25, -0.2) is 4.98 Å². The fourth-order valence-electron chi connectivity index (χ4n) is 1.54. The van der Waals surface area contributed by atoms with E-state index in [0.29, 0.717) is 22.8 Å². The molecule has 19 heavy (non-hydrogen) atoms. The molecular formula is C13H14ClN3OS. The number of halogens is 1. The van der Waals surface area contributed by atoms with Crippen LogP contribution in [0.5, 0.6) is 0 Å². The molecule has 0 saturated heterocycles. The molecule has 3 N–H and O–H groups in total. The zero-order valence-corrected chi connectivity index (χ0v) is 12.0. The number of benzene rings is 1. The predicted octanol–water partition coefficient (Wildman–Crippen LogP) is 2.87. The molecule has 2 rings (SSSR count). The normalized spacial score (nSPS) is 10.4. The van der Waals surface area contributed by atoms with Gasteiger partial charge in [0.05, 0.1) is 17.3 Å². The summed E-state index contributed by atoms with van der Waals surface area (Å²) in [6, 6.07) is 4.83. The van der Waals surface area contributed by atoms with Crippen LogP contribution in [0.1, 0.15) is 27.2 Å². The molecule has 0 bridgehead atoms. The molecule has 4 nitrogen and oxygen atoms in total. The molecule has 1 heterocycles. The van der Waals surface area contributed by atoms with Crippen molar-refractivity contribution in [1.29, 1.82) is 0 Å². The van der Waals surface area contributed by atoms with Crippen molar-refractivity contribution in [2.24, 2.45) is 0 Å². The van der Waals surface area contributed by atoms with Crippen molar-refractivity contribution >= 4 is 34.5 Å². The highest BCUT2D eigenvalue weighted by molar-refractivity contribution is 7.11. The fraction of sp³-hybridized carbons (Fsp3) is 0.231. The average molecular weight is 296 g/mol. The van der Waals surface area contributed by atoms with Crippen molar-refractivity contribution in [2.75, 3.05) is 5.73 Å². The standard InChI is InChI=1S/C13H14ClN3OS/c1-2-9-6-16-12(19-9)7-17-13(18)8-3-4-10(14)11(15)5-8/h3-6H,2,7,15H2,1H3,(H,17,18). The van der Waals surface area contributed by atoms with Gasteiger partial charge in [0.15, 0.2) is 0 Å². The van der Waals surface area contributed by atoms with Crippen LogP contribution in [0, 0.1) is 0 Å². The van der Waals surface area contributed by atoms with Gasteiger partial charge in [-0.1, -0.05) is 18.5 Å². The fourth-order valence-corrected chi connectivity index (χ4v) is 2.46. The number of aryl methyl sites for hydroxylation is 1. The maximum Gasteiger partial charge on any atom is 0.251 e. The van der Waals surface area contributed by atoms with Crippen LogP contribution < -0.4 is 11.1 Å². The Balaban J connectivity index is 1.99. The number of carbonyl (C=O) groups is 1. The van der Waals surface area contributed by atoms with Crippen LogP contribution in [0.15, 0.2) is 24.4 Å². The SMILES string of the molecule is CCc1cnc(CNC(=O)c2ccc(Cl)c(N)c2)s1. The Hall–Kier alpha value is -1.59. The molecule has 0 radical (unpaired) electrons. The number of aromatic nitrogens is 1. The summed E-state index contributed by atoms with van der Waals surface area (Å²) in [6.07, 6.45) is 2.80. The number of anilines is 1. The Kier molecular flexibility index (Phi) is 4.39. The summed E-state index contributed by atoms with van der Waals surface area (Å²) >= 11 is 7.42. The lowest BCUT2D eigenvalue weighted by atomic mass is 10.2. The van der Waals surface area contributed by atoms with Crippen LogP contribution in [0.2, 0.25) is 5.02 Å². The molecule has 100 valence electrons. The number of amides is 1. The van der Waals surface area contributed by atoms with Gasteiger partial charge in [0.2, 0.25) is 0 Å². The number of nitrogens with zero attached hydrogens (tertiary/aromatic N) is 1. The number of hydrogen-bond donors (Lipinski definition) is 2. The van der Waals surface area contributed by atoms with E-state index in [2.05, 4.69) is 17.2 Å². The van der Waals surface area contributed by atoms with E-state index in [1.807, 2.05) is 6.20 Å². The van der Waals surface area contributed by atoms with Crippen LogP contribution in [-0.4, -0.2) is 10.9 Å². The van der Waals surface area contributed by atoms with E-state index in [9.17, 15) is 4.79 Å². The van der Waals surface area contributed by atoms with Crippen molar-refractivity contribution in [3.05, 3.63) is 44.9 Å². The smallest absolute Gasteiger partial charge is 0.251 e. The summed E-state index contributed by atoms with van der Waals surface area (Å²) in [4.78, 5) is 17.4. The maximum absolute atomic E-state index is 11.9. The highest BCUT2D eigenvalue weighted by Gasteiger charge is 2.08. The van der Waals surface area contributed by atoms with E-state index in [1.54, 1.807) is 29.5 Å². The number of nitrogen functional groups attached to an aromatic ring is 1. The van der Waals surface area contributed by atoms with Gasteiger partial charge in [0.25, 0.3) is 5.91 Å². The van der Waals surface area contributed by atoms with Gasteiger partial charge in [-0.15, -0.1) is 11.3 Å². The third kappa shape index (κ3) is 3.45. The van der Waals surface area contributed by atoms with Crippen LogP contribution in [0.4, 0.5) is 5.69 Å². The lowest BCUT2D eigenvalue weighted by Gasteiger charge is -2.05. The predicted molar refractivity (Wildman–Crippen MR) is 78.5 cm³/mol. The first-order chi connectivity index (χ1) is 9.10. The minimum Gasteiger partial charge on any atom is -0.398 e. The summed E-state index contributed by atoms with van der Waals surface area (Å²) in [6.45, 7) is 2.50. The van der Waals surface area contributed by atoms with Gasteiger partial charge < -0.3 is 11.1 Å². The van der Waals surface area contributed by atoms with Crippen LogP contribution in [0.25, 0.3) is 0 Å². The van der Waals surface area contributed by atoms with Crippen LogP contribution in [-0.2, 0) is 13.0 Å². The average Bonchev–Trinajstić information content (AvgIpc) is 2.87. The van der Waals surface area contributed by atoms with Crippen molar-refractivity contribution in [1.82, 2.24) is 10.3 Å². The zero-order chi connectivity index (χ0) is 13.8. The minimum atomic E-state index is -0.184. The second-order valence-electron chi connectivity index (χ2n) is 3.99. The van der Waals surface area contributed by atoms with Gasteiger partial charge in [-0.3, -0.25) is 4.79 Å². The Labute approximate surface area is 120 Å². The molecule has 2 aromatic rings. The highest BCUT2D eigenvalue weighted by Crippen LogP contribution is 2.19. The molecule has 6 heteroatoms. The van der Waals surface area contributed by atoms with Crippen molar-refractivity contribution in [3.63, 3.8) is 0 Å². The minimum absolute atomic E-state index is 0.184. The molecule has 0 aliphatic rings. The maximum atomic E-state index is 11.9. The molecule has 0 aliphatic heterocycles. The number of carbonyl (C=O) groups excluding carboxylic acids is 1. The monoisotopic (exact) mass is 295 g/mol. The number of nitrogens with one attached hydrogen (secondary N) is 1. The lowest BCUT2D eigenvalue weighted by Crippen LogP contribution is -2.22. The molecule has 0 fully saturated rings. The number of hydrogen-bond acceptors (Lipinski definition) is 4. The van der Waals surface area contributed by atoms with E-state index in [1.165, 1.54) is 4.88 Å². The quantitative estimate of drug-likeness (QED) is 0.852. The molecule has 1 aromatic carbocycles. The number of thiazole rings is 1. The largest absolute Gasteiger partial charge is 0.398 e. The second kappa shape index (κ2) is 6.04. The van der Waals surface area contributed by atoms with E-state index in [-0.39, 0.29) is 5.91 Å². The van der Waals surface area contributed by atoms with Crippen LogP contribution >= 0.6 is 22.9 Å². The summed E-state index contributed by atoms with van der Waals surface area (Å²) in [5.41, 5.74) is 6.56. The molecule has 1 amide bonds. The highest BCUT2D eigenvalue weighted by atomic mass is 35.5. The topological polar surface area (TPSA) is 68.0 Å². The molecule has 0 saturated carbocycles. The summed E-state index contributed by atoms with van der Waals surface area (Å²) in [5.74, 6) is -0.184. The van der Waals surface area contributed by atoms with E-state index < -0.39 is 0 Å². The first-order valence-electron chi connectivity index (χ1n) is 5.87. The zero-order valence-electron chi connectivity index (χ0n) is 10.4. The van der Waals surface area contributed by atoms with Crippen molar-refractivity contribution in [2.45, 2.75) is 19.9 Å². The Morgan fingerprint density at radius 2 is 2.32 bits per heavy atom. The van der Waals surface area contributed by atoms with E-state index >= 15 is 0 Å². The van der Waals surface area contributed by atoms with Gasteiger partial charge in [0.1, 0.15) is 5.01 Å². The van der Waals surface area contributed by atoms with E-state index in [4.69, 9.17) is 17.3 Å². The lowest BCUT2D eigenvalue weighted by molar-refractivity contribution is 0.0951. The first kappa shape index (κ1) is 13.8. The Morgan fingerprint density at radius 3 is 2.95 bits per heavy atom. The van der Waals surface area contributed by atoms with Gasteiger partial charge >= 0.3 is 0 Å². The first-order valence-corrected chi connectivity index (χ1v) is 7.06. The van der Waals surface area contributed by atoms with Crippen molar-refractivity contribution in [3.8, 4) is 0 Å². The van der Waals surface area contributed by atoms with Crippen molar-refractivity contribution < 1.29 is 4.79 Å². The summed E-state index contributed by atoms with van der Waals surface area (Å²) < 4.78 is 0. The summed E-state index contributed by atoms with van der Waals surface area (Å²) in [5, 5.41) is 4.15. The van der Waals surface area contributed by atoms with Gasteiger partial charge in [0, 0.05) is 16.6 Å². The van der Waals surface area contributed by atoms with Crippen LogP contribution in [0.3, 0.4) is 0 Å². The number of nitrogens with two attached hydrogens (primary N) is 1. The molecule has 0 spiro atoms. The third-order valence-electron chi connectivity index (χ3n) is 2.61. The van der Waals surface area contributed by atoms with Gasteiger partial charge in [-0.05, 0) is 24.6 Å². The number of rotatable bonds is 4. The molecule has 0 aliphatic carbocycles. The second-order valence-corrected chi connectivity index (χ2v) is 5.60. The third-order valence-corrected chi connectivity index (χ3v) is 4.09. The molecule has 1 aromatic heterocycles. The Bertz CT molecular complexity index is 597. The van der Waals surface area contributed by atoms with E-state index in [0.717, 1.165) is 11.4 Å².